The molecule has 3 nitrogen and oxygen atoms in total. The lowest BCUT2D eigenvalue weighted by Gasteiger charge is -2.11. The van der Waals surface area contributed by atoms with E-state index in [0.29, 0.717) is 23.3 Å². The van der Waals surface area contributed by atoms with Gasteiger partial charge in [0.05, 0.1) is 10.7 Å². The molecule has 0 unspecified atom stereocenters. The molecule has 2 aromatic heterocycles. The molecule has 3 rings (SSSR count). The molecule has 0 aliphatic rings. The molecule has 0 fully saturated rings. The van der Waals surface area contributed by atoms with Gasteiger partial charge in [0, 0.05) is 24.0 Å². The summed E-state index contributed by atoms with van der Waals surface area (Å²) in [6.45, 7) is 4.81. The third kappa shape index (κ3) is 4.79. The first-order chi connectivity index (χ1) is 12.5. The second-order valence-electron chi connectivity index (χ2n) is 6.64. The summed E-state index contributed by atoms with van der Waals surface area (Å²) in [4.78, 5) is 9.04. The molecule has 0 atom stereocenters. The highest BCUT2D eigenvalue weighted by Gasteiger charge is 2.09. The number of pyridine rings is 2. The van der Waals surface area contributed by atoms with Crippen molar-refractivity contribution < 1.29 is 4.39 Å². The Kier molecular flexibility index (Phi) is 5.84. The van der Waals surface area contributed by atoms with Gasteiger partial charge in [-0.2, -0.15) is 0 Å². The lowest BCUT2D eigenvalue weighted by atomic mass is 10.0. The van der Waals surface area contributed by atoms with Gasteiger partial charge in [0.25, 0.3) is 0 Å². The smallest absolute Gasteiger partial charge is 0.126 e. The number of anilines is 1. The van der Waals surface area contributed by atoms with Crippen molar-refractivity contribution in [1.29, 1.82) is 0 Å². The minimum absolute atomic E-state index is 0.243. The van der Waals surface area contributed by atoms with E-state index in [9.17, 15) is 4.39 Å². The van der Waals surface area contributed by atoms with Gasteiger partial charge in [0.2, 0.25) is 0 Å². The van der Waals surface area contributed by atoms with Crippen molar-refractivity contribution in [3.63, 3.8) is 0 Å². The SMILES string of the molecule is CC(C)Cc1cc(-c2cccc(NCc3cccc(F)c3)n2)c(Cl)cn1. The van der Waals surface area contributed by atoms with Gasteiger partial charge < -0.3 is 5.32 Å². The van der Waals surface area contributed by atoms with E-state index in [1.54, 1.807) is 12.3 Å². The molecule has 1 N–H and O–H groups in total. The molecule has 0 spiro atoms. The molecule has 134 valence electrons. The predicted octanol–water partition coefficient (Wildman–Crippen LogP) is 5.75. The quantitative estimate of drug-likeness (QED) is 0.601. The van der Waals surface area contributed by atoms with Gasteiger partial charge in [-0.1, -0.05) is 43.6 Å². The molecule has 26 heavy (non-hydrogen) atoms. The Morgan fingerprint density at radius 2 is 1.92 bits per heavy atom. The summed E-state index contributed by atoms with van der Waals surface area (Å²) in [5.41, 5.74) is 3.51. The van der Waals surface area contributed by atoms with Crippen molar-refractivity contribution in [2.75, 3.05) is 5.32 Å². The second kappa shape index (κ2) is 8.28. The van der Waals surface area contributed by atoms with Crippen molar-refractivity contribution in [1.82, 2.24) is 9.97 Å². The van der Waals surface area contributed by atoms with Crippen LogP contribution in [0, 0.1) is 11.7 Å². The number of hydrogen-bond acceptors (Lipinski definition) is 3. The molecule has 2 heterocycles. The number of benzene rings is 1. The first kappa shape index (κ1) is 18.3. The molecule has 1 aromatic carbocycles. The molecule has 5 heteroatoms. The lowest BCUT2D eigenvalue weighted by molar-refractivity contribution is 0.626. The van der Waals surface area contributed by atoms with Crippen LogP contribution in [0.25, 0.3) is 11.3 Å². The molecule has 0 bridgehead atoms. The summed E-state index contributed by atoms with van der Waals surface area (Å²) >= 11 is 6.35. The highest BCUT2D eigenvalue weighted by molar-refractivity contribution is 6.33. The van der Waals surface area contributed by atoms with Crippen LogP contribution in [-0.4, -0.2) is 9.97 Å². The van der Waals surface area contributed by atoms with Crippen LogP contribution < -0.4 is 5.32 Å². The van der Waals surface area contributed by atoms with Crippen LogP contribution in [0.15, 0.2) is 54.7 Å². The summed E-state index contributed by atoms with van der Waals surface area (Å²) < 4.78 is 13.3. The zero-order valence-corrected chi connectivity index (χ0v) is 15.6. The Morgan fingerprint density at radius 1 is 1.12 bits per heavy atom. The fourth-order valence-corrected chi connectivity index (χ4v) is 2.93. The lowest BCUT2D eigenvalue weighted by Crippen LogP contribution is -2.02. The number of nitrogens with one attached hydrogen (secondary N) is 1. The summed E-state index contributed by atoms with van der Waals surface area (Å²) in [6, 6.07) is 14.2. The van der Waals surface area contributed by atoms with E-state index in [1.807, 2.05) is 30.3 Å². The van der Waals surface area contributed by atoms with Gasteiger partial charge in [0.15, 0.2) is 0 Å². The third-order valence-corrected chi connectivity index (χ3v) is 4.22. The molecule has 3 aromatic rings. The summed E-state index contributed by atoms with van der Waals surface area (Å²) in [7, 11) is 0. The number of hydrogen-bond donors (Lipinski definition) is 1. The fourth-order valence-electron chi connectivity index (χ4n) is 2.73. The fraction of sp³-hybridized carbons (Fsp3) is 0.238. The van der Waals surface area contributed by atoms with Crippen molar-refractivity contribution in [3.05, 3.63) is 76.8 Å². The zero-order chi connectivity index (χ0) is 18.5. The van der Waals surface area contributed by atoms with Crippen molar-refractivity contribution in [2.24, 2.45) is 5.92 Å². The monoisotopic (exact) mass is 369 g/mol. The van der Waals surface area contributed by atoms with Gasteiger partial charge >= 0.3 is 0 Å². The first-order valence-electron chi connectivity index (χ1n) is 8.61. The standard InChI is InChI=1S/C21H21ClFN3/c1-14(2)9-17-11-18(19(22)13-24-17)20-7-4-8-21(26-20)25-12-15-5-3-6-16(23)10-15/h3-8,10-11,13-14H,9,12H2,1-2H3,(H,25,26). The normalized spacial score (nSPS) is 11.0. The number of nitrogens with zero attached hydrogens (tertiary/aromatic N) is 2. The predicted molar refractivity (Wildman–Crippen MR) is 105 cm³/mol. The van der Waals surface area contributed by atoms with Gasteiger partial charge in [-0.3, -0.25) is 4.98 Å². The Hall–Kier alpha value is -2.46. The Balaban J connectivity index is 1.80. The molecule has 0 aliphatic carbocycles. The molecule has 0 radical (unpaired) electrons. The van der Waals surface area contributed by atoms with E-state index < -0.39 is 0 Å². The van der Waals surface area contributed by atoms with Crippen LogP contribution in [0.2, 0.25) is 5.02 Å². The summed E-state index contributed by atoms with van der Waals surface area (Å²) in [5.74, 6) is 0.987. The molecular formula is C21H21ClFN3. The average Bonchev–Trinajstić information content (AvgIpc) is 2.61. The molecule has 0 aliphatic heterocycles. The number of aromatic nitrogens is 2. The van der Waals surface area contributed by atoms with Crippen molar-refractivity contribution in [2.45, 2.75) is 26.8 Å². The van der Waals surface area contributed by atoms with Gasteiger partial charge in [-0.05, 0) is 48.2 Å². The first-order valence-corrected chi connectivity index (χ1v) is 8.99. The maximum absolute atomic E-state index is 13.3. The Bertz CT molecular complexity index is 896. The van der Waals surface area contributed by atoms with E-state index in [0.717, 1.165) is 28.9 Å². The van der Waals surface area contributed by atoms with E-state index in [1.165, 1.54) is 12.1 Å². The van der Waals surface area contributed by atoms with Crippen molar-refractivity contribution in [3.8, 4) is 11.3 Å². The van der Waals surface area contributed by atoms with Gasteiger partial charge in [-0.25, -0.2) is 9.37 Å². The Labute approximate surface area is 158 Å². The minimum atomic E-state index is -0.243. The van der Waals surface area contributed by atoms with E-state index in [2.05, 4.69) is 29.1 Å². The number of halogens is 2. The van der Waals surface area contributed by atoms with Gasteiger partial charge in [0.1, 0.15) is 11.6 Å². The molecule has 0 saturated heterocycles. The highest BCUT2D eigenvalue weighted by Crippen LogP contribution is 2.28. The second-order valence-corrected chi connectivity index (χ2v) is 7.05. The largest absolute Gasteiger partial charge is 0.366 e. The maximum Gasteiger partial charge on any atom is 0.126 e. The summed E-state index contributed by atoms with van der Waals surface area (Å²) in [5, 5.41) is 3.80. The van der Waals surface area contributed by atoms with Crippen molar-refractivity contribution >= 4 is 17.4 Å². The molecular weight excluding hydrogens is 349 g/mol. The molecule has 0 saturated carbocycles. The third-order valence-electron chi connectivity index (χ3n) is 3.92. The van der Waals surface area contributed by atoms with E-state index in [-0.39, 0.29) is 5.82 Å². The number of rotatable bonds is 6. The maximum atomic E-state index is 13.3. The van der Waals surface area contributed by atoms with E-state index in [4.69, 9.17) is 11.6 Å². The summed E-state index contributed by atoms with van der Waals surface area (Å²) in [6.07, 6.45) is 2.57. The highest BCUT2D eigenvalue weighted by atomic mass is 35.5. The van der Waals surface area contributed by atoms with Crippen LogP contribution >= 0.6 is 11.6 Å². The van der Waals surface area contributed by atoms with Crippen LogP contribution in [0.5, 0.6) is 0 Å². The van der Waals surface area contributed by atoms with Gasteiger partial charge in [-0.15, -0.1) is 0 Å². The Morgan fingerprint density at radius 3 is 2.69 bits per heavy atom. The van der Waals surface area contributed by atoms with E-state index >= 15 is 0 Å². The molecule has 0 amide bonds. The van der Waals surface area contributed by atoms with Crippen LogP contribution in [0.3, 0.4) is 0 Å². The van der Waals surface area contributed by atoms with Crippen LogP contribution in [0.1, 0.15) is 25.1 Å². The topological polar surface area (TPSA) is 37.8 Å². The van der Waals surface area contributed by atoms with Crippen LogP contribution in [-0.2, 0) is 13.0 Å². The minimum Gasteiger partial charge on any atom is -0.366 e. The zero-order valence-electron chi connectivity index (χ0n) is 14.8. The van der Waals surface area contributed by atoms with Crippen LogP contribution in [0.4, 0.5) is 10.2 Å². The average molecular weight is 370 g/mol.